The molecular formula is C16H18O3. The average Bonchev–Trinajstić information content (AvgIpc) is 2.47. The summed E-state index contributed by atoms with van der Waals surface area (Å²) in [5.41, 5.74) is 1.78. The van der Waals surface area contributed by atoms with Crippen molar-refractivity contribution in [2.45, 2.75) is 12.5 Å². The van der Waals surface area contributed by atoms with Crippen LogP contribution in [0.5, 0.6) is 5.75 Å². The highest BCUT2D eigenvalue weighted by Crippen LogP contribution is 2.20. The largest absolute Gasteiger partial charge is 0.490 e. The van der Waals surface area contributed by atoms with Gasteiger partial charge in [-0.05, 0) is 23.6 Å². The third kappa shape index (κ3) is 3.81. The zero-order valence-corrected chi connectivity index (χ0v) is 10.7. The fraction of sp³-hybridized carbons (Fsp3) is 0.250. The first-order valence-corrected chi connectivity index (χ1v) is 6.36. The van der Waals surface area contributed by atoms with E-state index in [1.807, 2.05) is 54.6 Å². The van der Waals surface area contributed by atoms with Gasteiger partial charge >= 0.3 is 0 Å². The van der Waals surface area contributed by atoms with Crippen molar-refractivity contribution >= 4 is 0 Å². The maximum atomic E-state index is 10.0. The Balaban J connectivity index is 1.99. The van der Waals surface area contributed by atoms with E-state index in [1.165, 1.54) is 0 Å². The van der Waals surface area contributed by atoms with E-state index in [9.17, 15) is 5.11 Å². The molecule has 0 aliphatic rings. The van der Waals surface area contributed by atoms with Crippen LogP contribution in [0.15, 0.2) is 54.6 Å². The van der Waals surface area contributed by atoms with Crippen LogP contribution < -0.4 is 4.74 Å². The summed E-state index contributed by atoms with van der Waals surface area (Å²) in [6, 6.07) is 17.0. The van der Waals surface area contributed by atoms with Gasteiger partial charge in [-0.15, -0.1) is 0 Å². The molecule has 2 aromatic rings. The van der Waals surface area contributed by atoms with Crippen molar-refractivity contribution in [3.8, 4) is 5.75 Å². The second-order valence-corrected chi connectivity index (χ2v) is 4.32. The van der Waals surface area contributed by atoms with E-state index in [4.69, 9.17) is 9.84 Å². The second-order valence-electron chi connectivity index (χ2n) is 4.32. The van der Waals surface area contributed by atoms with Crippen LogP contribution in [0.25, 0.3) is 0 Å². The van der Waals surface area contributed by atoms with Crippen LogP contribution in [-0.4, -0.2) is 23.4 Å². The Kier molecular flexibility index (Phi) is 4.95. The second kappa shape index (κ2) is 6.92. The molecule has 3 nitrogen and oxygen atoms in total. The summed E-state index contributed by atoms with van der Waals surface area (Å²) in [4.78, 5) is 0. The third-order valence-electron chi connectivity index (χ3n) is 2.93. The summed E-state index contributed by atoms with van der Waals surface area (Å²) in [6.07, 6.45) is -0.0965. The van der Waals surface area contributed by atoms with Gasteiger partial charge in [0.05, 0.1) is 0 Å². The lowest BCUT2D eigenvalue weighted by molar-refractivity contribution is 0.107. The molecule has 2 aromatic carbocycles. The first-order valence-electron chi connectivity index (χ1n) is 6.36. The molecule has 2 rings (SSSR count). The van der Waals surface area contributed by atoms with Crippen LogP contribution in [0.4, 0.5) is 0 Å². The predicted molar refractivity (Wildman–Crippen MR) is 74.1 cm³/mol. The van der Waals surface area contributed by atoms with Gasteiger partial charge in [0.1, 0.15) is 18.5 Å². The highest BCUT2D eigenvalue weighted by molar-refractivity contribution is 5.33. The Morgan fingerprint density at radius 1 is 0.947 bits per heavy atom. The number of aliphatic hydroxyl groups is 2. The molecule has 1 unspecified atom stereocenters. The predicted octanol–water partition coefficient (Wildman–Crippen LogP) is 2.33. The topological polar surface area (TPSA) is 49.7 Å². The summed E-state index contributed by atoms with van der Waals surface area (Å²) in [6.45, 7) is 0.286. The van der Waals surface area contributed by atoms with Gasteiger partial charge in [0, 0.05) is 6.61 Å². The van der Waals surface area contributed by atoms with E-state index < -0.39 is 6.10 Å². The molecule has 0 fully saturated rings. The van der Waals surface area contributed by atoms with Gasteiger partial charge in [-0.3, -0.25) is 0 Å². The van der Waals surface area contributed by atoms with Crippen LogP contribution in [0.3, 0.4) is 0 Å². The molecule has 19 heavy (non-hydrogen) atoms. The van der Waals surface area contributed by atoms with Crippen molar-refractivity contribution in [1.82, 2.24) is 0 Å². The molecule has 0 spiro atoms. The summed E-state index contributed by atoms with van der Waals surface area (Å²) in [5.74, 6) is 0.714. The molecule has 0 amide bonds. The van der Waals surface area contributed by atoms with Gasteiger partial charge in [0.25, 0.3) is 0 Å². The summed E-state index contributed by atoms with van der Waals surface area (Å²) in [5, 5.41) is 19.0. The molecule has 0 saturated heterocycles. The SMILES string of the molecule is OCCc1ccccc1OCC(O)c1ccccc1. The smallest absolute Gasteiger partial charge is 0.122 e. The molecule has 100 valence electrons. The fourth-order valence-corrected chi connectivity index (χ4v) is 1.91. The van der Waals surface area contributed by atoms with E-state index in [-0.39, 0.29) is 13.2 Å². The van der Waals surface area contributed by atoms with Crippen molar-refractivity contribution in [1.29, 1.82) is 0 Å². The van der Waals surface area contributed by atoms with Gasteiger partial charge in [-0.1, -0.05) is 48.5 Å². The highest BCUT2D eigenvalue weighted by Gasteiger charge is 2.09. The van der Waals surface area contributed by atoms with Crippen LogP contribution in [0.2, 0.25) is 0 Å². The average molecular weight is 258 g/mol. The lowest BCUT2D eigenvalue weighted by Gasteiger charge is -2.15. The van der Waals surface area contributed by atoms with Gasteiger partial charge < -0.3 is 14.9 Å². The lowest BCUT2D eigenvalue weighted by Crippen LogP contribution is -2.10. The minimum absolute atomic E-state index is 0.0849. The van der Waals surface area contributed by atoms with E-state index in [1.54, 1.807) is 0 Å². The van der Waals surface area contributed by atoms with Crippen molar-refractivity contribution in [3.63, 3.8) is 0 Å². The summed E-state index contributed by atoms with van der Waals surface area (Å²) < 4.78 is 5.64. The number of aliphatic hydroxyl groups excluding tert-OH is 2. The maximum absolute atomic E-state index is 10.0. The molecule has 0 aromatic heterocycles. The number of benzene rings is 2. The van der Waals surface area contributed by atoms with Gasteiger partial charge in [-0.2, -0.15) is 0 Å². The first kappa shape index (κ1) is 13.6. The number of hydrogen-bond acceptors (Lipinski definition) is 3. The van der Waals surface area contributed by atoms with Crippen molar-refractivity contribution in [2.75, 3.05) is 13.2 Å². The van der Waals surface area contributed by atoms with Crippen molar-refractivity contribution in [2.24, 2.45) is 0 Å². The van der Waals surface area contributed by atoms with E-state index >= 15 is 0 Å². The molecule has 0 radical (unpaired) electrons. The normalized spacial score (nSPS) is 12.1. The summed E-state index contributed by atoms with van der Waals surface area (Å²) in [7, 11) is 0. The minimum atomic E-state index is -0.650. The van der Waals surface area contributed by atoms with Gasteiger partial charge in [-0.25, -0.2) is 0 Å². The van der Waals surface area contributed by atoms with Crippen LogP contribution in [0.1, 0.15) is 17.2 Å². The minimum Gasteiger partial charge on any atom is -0.490 e. The maximum Gasteiger partial charge on any atom is 0.122 e. The van der Waals surface area contributed by atoms with E-state index in [0.717, 1.165) is 11.1 Å². The van der Waals surface area contributed by atoms with Crippen LogP contribution in [-0.2, 0) is 6.42 Å². The Labute approximate surface area is 113 Å². The van der Waals surface area contributed by atoms with Crippen LogP contribution >= 0.6 is 0 Å². The van der Waals surface area contributed by atoms with E-state index in [0.29, 0.717) is 12.2 Å². The van der Waals surface area contributed by atoms with E-state index in [2.05, 4.69) is 0 Å². The quantitative estimate of drug-likeness (QED) is 0.836. The van der Waals surface area contributed by atoms with Crippen LogP contribution in [0, 0.1) is 0 Å². The number of hydrogen-bond donors (Lipinski definition) is 2. The number of rotatable bonds is 6. The molecular weight excluding hydrogens is 240 g/mol. The molecule has 3 heteroatoms. The molecule has 0 heterocycles. The Morgan fingerprint density at radius 3 is 2.37 bits per heavy atom. The molecule has 2 N–H and O–H groups in total. The first-order chi connectivity index (χ1) is 9.31. The molecule has 0 aliphatic heterocycles. The molecule has 1 atom stereocenters. The summed E-state index contributed by atoms with van der Waals surface area (Å²) >= 11 is 0. The highest BCUT2D eigenvalue weighted by atomic mass is 16.5. The lowest BCUT2D eigenvalue weighted by atomic mass is 10.1. The Morgan fingerprint density at radius 2 is 1.63 bits per heavy atom. The molecule has 0 bridgehead atoms. The molecule has 0 saturated carbocycles. The van der Waals surface area contributed by atoms with Gasteiger partial charge in [0.15, 0.2) is 0 Å². The zero-order valence-electron chi connectivity index (χ0n) is 10.7. The third-order valence-corrected chi connectivity index (χ3v) is 2.93. The fourth-order valence-electron chi connectivity index (χ4n) is 1.91. The van der Waals surface area contributed by atoms with Gasteiger partial charge in [0.2, 0.25) is 0 Å². The number of ether oxygens (including phenoxy) is 1. The zero-order chi connectivity index (χ0) is 13.5. The molecule has 0 aliphatic carbocycles. The number of para-hydroxylation sites is 1. The Hall–Kier alpha value is -1.84. The van der Waals surface area contributed by atoms with Crippen molar-refractivity contribution < 1.29 is 14.9 Å². The Bertz CT molecular complexity index is 496. The van der Waals surface area contributed by atoms with Crippen molar-refractivity contribution in [3.05, 3.63) is 65.7 Å². The monoisotopic (exact) mass is 258 g/mol. The standard InChI is InChI=1S/C16H18O3/c17-11-10-14-8-4-5-9-16(14)19-12-15(18)13-6-2-1-3-7-13/h1-9,15,17-18H,10-12H2.